The van der Waals surface area contributed by atoms with E-state index < -0.39 is 6.10 Å². The first-order chi connectivity index (χ1) is 11.2. The summed E-state index contributed by atoms with van der Waals surface area (Å²) in [6, 6.07) is 9.30. The molecular weight excluding hydrogens is 294 g/mol. The zero-order chi connectivity index (χ0) is 15.8. The number of nitrogens with zero attached hydrogens (tertiary/aromatic N) is 3. The van der Waals surface area contributed by atoms with Crippen molar-refractivity contribution in [1.82, 2.24) is 15.3 Å². The minimum Gasteiger partial charge on any atom is -0.389 e. The van der Waals surface area contributed by atoms with Gasteiger partial charge in [0, 0.05) is 17.5 Å². The molecule has 23 heavy (non-hydrogen) atoms. The molecule has 1 aliphatic carbocycles. The Morgan fingerprint density at radius 3 is 2.57 bits per heavy atom. The molecule has 1 fully saturated rings. The van der Waals surface area contributed by atoms with E-state index in [0.29, 0.717) is 23.3 Å². The fraction of sp³-hybridized carbons (Fsp3) is 0.353. The van der Waals surface area contributed by atoms with Crippen LogP contribution in [-0.4, -0.2) is 20.4 Å². The molecule has 3 aromatic rings. The molecule has 6 heteroatoms. The van der Waals surface area contributed by atoms with E-state index in [1.165, 1.54) is 6.42 Å². The zero-order valence-corrected chi connectivity index (χ0v) is 12.8. The Morgan fingerprint density at radius 2 is 1.91 bits per heavy atom. The van der Waals surface area contributed by atoms with Gasteiger partial charge in [-0.2, -0.15) is 4.98 Å². The topological polar surface area (TPSA) is 85.2 Å². The Hall–Kier alpha value is -2.47. The highest BCUT2D eigenvalue weighted by Gasteiger charge is 2.25. The average molecular weight is 311 g/mol. The molecule has 1 N–H and O–H groups in total. The van der Waals surface area contributed by atoms with E-state index in [9.17, 15) is 5.11 Å². The van der Waals surface area contributed by atoms with Gasteiger partial charge in [-0.15, -0.1) is 0 Å². The minimum atomic E-state index is -0.495. The van der Waals surface area contributed by atoms with E-state index >= 15 is 0 Å². The predicted molar refractivity (Wildman–Crippen MR) is 82.5 cm³/mol. The van der Waals surface area contributed by atoms with Gasteiger partial charge in [0.25, 0.3) is 5.89 Å². The number of hydrogen-bond donors (Lipinski definition) is 1. The molecule has 1 aliphatic rings. The van der Waals surface area contributed by atoms with Gasteiger partial charge in [-0.05, 0) is 25.3 Å². The average Bonchev–Trinajstić information content (AvgIpc) is 3.14. The first-order valence-electron chi connectivity index (χ1n) is 7.80. The largest absolute Gasteiger partial charge is 0.389 e. The second-order valence-corrected chi connectivity index (χ2v) is 5.96. The molecule has 4 rings (SSSR count). The molecule has 0 aliphatic heterocycles. The maximum absolute atomic E-state index is 9.54. The van der Waals surface area contributed by atoms with Gasteiger partial charge in [-0.25, -0.2) is 0 Å². The van der Waals surface area contributed by atoms with Crippen molar-refractivity contribution in [2.45, 2.75) is 38.2 Å². The Kier molecular flexibility index (Phi) is 3.46. The maximum atomic E-state index is 9.54. The monoisotopic (exact) mass is 311 g/mol. The quantitative estimate of drug-likeness (QED) is 0.790. The fourth-order valence-corrected chi connectivity index (χ4v) is 2.63. The van der Waals surface area contributed by atoms with Gasteiger partial charge in [-0.1, -0.05) is 41.0 Å². The van der Waals surface area contributed by atoms with Crippen molar-refractivity contribution in [3.8, 4) is 23.0 Å². The van der Waals surface area contributed by atoms with Crippen molar-refractivity contribution in [3.63, 3.8) is 0 Å². The Bertz CT molecular complexity index is 801. The van der Waals surface area contributed by atoms with Gasteiger partial charge in [-0.3, -0.25) is 0 Å². The van der Waals surface area contributed by atoms with Gasteiger partial charge >= 0.3 is 0 Å². The van der Waals surface area contributed by atoms with Crippen molar-refractivity contribution in [2.24, 2.45) is 0 Å². The van der Waals surface area contributed by atoms with Crippen LogP contribution in [0.4, 0.5) is 0 Å². The Labute approximate surface area is 133 Å². The third kappa shape index (κ3) is 2.66. The van der Waals surface area contributed by atoms with Crippen LogP contribution in [0.5, 0.6) is 0 Å². The third-order valence-corrected chi connectivity index (χ3v) is 4.33. The van der Waals surface area contributed by atoms with Crippen molar-refractivity contribution in [1.29, 1.82) is 0 Å². The lowest BCUT2D eigenvalue weighted by atomic mass is 9.83. The molecule has 6 nitrogen and oxygen atoms in total. The third-order valence-electron chi connectivity index (χ3n) is 4.33. The maximum Gasteiger partial charge on any atom is 0.280 e. The molecule has 1 aromatic carbocycles. The van der Waals surface area contributed by atoms with E-state index in [4.69, 9.17) is 9.05 Å². The summed E-state index contributed by atoms with van der Waals surface area (Å²) in [6.07, 6.45) is 3.05. The first-order valence-corrected chi connectivity index (χ1v) is 7.80. The molecular formula is C17H17N3O3. The van der Waals surface area contributed by atoms with E-state index in [1.54, 1.807) is 6.92 Å². The summed E-state index contributed by atoms with van der Waals surface area (Å²) in [5.74, 6) is 2.22. The van der Waals surface area contributed by atoms with Crippen LogP contribution in [-0.2, 0) is 0 Å². The van der Waals surface area contributed by atoms with Gasteiger partial charge in [0.1, 0.15) is 5.76 Å². The van der Waals surface area contributed by atoms with Gasteiger partial charge in [0.05, 0.1) is 6.10 Å². The number of rotatable bonds is 4. The van der Waals surface area contributed by atoms with Crippen LogP contribution in [0.3, 0.4) is 0 Å². The molecule has 2 heterocycles. The summed E-state index contributed by atoms with van der Waals surface area (Å²) in [5, 5.41) is 17.6. The van der Waals surface area contributed by atoms with Crippen LogP contribution in [0.15, 0.2) is 39.4 Å². The fourth-order valence-electron chi connectivity index (χ4n) is 2.63. The van der Waals surface area contributed by atoms with Crippen LogP contribution in [0.1, 0.15) is 49.5 Å². The van der Waals surface area contributed by atoms with Crippen LogP contribution in [0.25, 0.3) is 23.0 Å². The minimum absolute atomic E-state index is 0.355. The second kappa shape index (κ2) is 5.62. The Morgan fingerprint density at radius 1 is 1.13 bits per heavy atom. The summed E-state index contributed by atoms with van der Waals surface area (Å²) in [7, 11) is 0. The highest BCUT2D eigenvalue weighted by Crippen LogP contribution is 2.37. The highest BCUT2D eigenvalue weighted by molar-refractivity contribution is 5.58. The van der Waals surface area contributed by atoms with Crippen molar-refractivity contribution < 1.29 is 14.2 Å². The van der Waals surface area contributed by atoms with Gasteiger partial charge in [0.2, 0.25) is 5.82 Å². The van der Waals surface area contributed by atoms with E-state index in [2.05, 4.69) is 15.3 Å². The van der Waals surface area contributed by atoms with Crippen LogP contribution in [0, 0.1) is 0 Å². The van der Waals surface area contributed by atoms with Crippen molar-refractivity contribution >= 4 is 0 Å². The number of benzene rings is 1. The molecule has 0 bridgehead atoms. The van der Waals surface area contributed by atoms with Gasteiger partial charge < -0.3 is 14.2 Å². The standard InChI is InChI=1S/C17H17N3O3/c1-10(21)11-5-7-13(8-6-11)16-18-17(23-20-16)14-9-15(22-19-14)12-3-2-4-12/h5-10,12,21H,2-4H2,1H3/t10-/m0/s1. The summed E-state index contributed by atoms with van der Waals surface area (Å²) in [4.78, 5) is 4.38. The van der Waals surface area contributed by atoms with E-state index in [0.717, 1.165) is 29.7 Å². The highest BCUT2D eigenvalue weighted by atomic mass is 16.5. The zero-order valence-electron chi connectivity index (χ0n) is 12.8. The summed E-state index contributed by atoms with van der Waals surface area (Å²) in [6.45, 7) is 1.73. The lowest BCUT2D eigenvalue weighted by molar-refractivity contribution is 0.199. The lowest BCUT2D eigenvalue weighted by Crippen LogP contribution is -2.07. The summed E-state index contributed by atoms with van der Waals surface area (Å²) < 4.78 is 10.7. The smallest absolute Gasteiger partial charge is 0.280 e. The number of hydrogen-bond acceptors (Lipinski definition) is 6. The molecule has 1 saturated carbocycles. The number of aliphatic hydroxyl groups is 1. The molecule has 0 amide bonds. The van der Waals surface area contributed by atoms with Crippen LogP contribution >= 0.6 is 0 Å². The van der Waals surface area contributed by atoms with Crippen LogP contribution < -0.4 is 0 Å². The molecule has 0 unspecified atom stereocenters. The normalized spacial score (nSPS) is 16.3. The summed E-state index contributed by atoms with van der Waals surface area (Å²) in [5.41, 5.74) is 2.25. The number of aliphatic hydroxyl groups excluding tert-OH is 1. The van der Waals surface area contributed by atoms with Crippen molar-refractivity contribution in [3.05, 3.63) is 41.7 Å². The van der Waals surface area contributed by atoms with Crippen LogP contribution in [0.2, 0.25) is 0 Å². The van der Waals surface area contributed by atoms with E-state index in [1.807, 2.05) is 30.3 Å². The number of aromatic nitrogens is 3. The molecule has 0 saturated heterocycles. The van der Waals surface area contributed by atoms with E-state index in [-0.39, 0.29) is 0 Å². The summed E-state index contributed by atoms with van der Waals surface area (Å²) >= 11 is 0. The molecule has 0 spiro atoms. The second-order valence-electron chi connectivity index (χ2n) is 5.96. The lowest BCUT2D eigenvalue weighted by Gasteiger charge is -2.21. The molecule has 2 aromatic heterocycles. The van der Waals surface area contributed by atoms with Gasteiger partial charge in [0.15, 0.2) is 5.69 Å². The molecule has 118 valence electrons. The SMILES string of the molecule is C[C@H](O)c1ccc(-c2noc(-c3cc(C4CCC4)on3)n2)cc1. The predicted octanol–water partition coefficient (Wildman–Crippen LogP) is 3.71. The first kappa shape index (κ1) is 14.1. The molecule has 0 radical (unpaired) electrons. The Balaban J connectivity index is 1.57. The van der Waals surface area contributed by atoms with Crippen molar-refractivity contribution in [2.75, 3.05) is 0 Å². The molecule has 1 atom stereocenters.